The summed E-state index contributed by atoms with van der Waals surface area (Å²) in [4.78, 5) is 12.3. The van der Waals surface area contributed by atoms with E-state index in [1.54, 1.807) is 0 Å². The van der Waals surface area contributed by atoms with Crippen molar-refractivity contribution in [2.45, 2.75) is 6.92 Å². The average molecular weight is 302 g/mol. The molecule has 4 rings (SSSR count). The summed E-state index contributed by atoms with van der Waals surface area (Å²) in [7, 11) is 0. The number of rotatable bonds is 2. The molecule has 0 aliphatic rings. The predicted molar refractivity (Wildman–Crippen MR) is 89.7 cm³/mol. The van der Waals surface area contributed by atoms with Crippen LogP contribution in [0.5, 0.6) is 0 Å². The monoisotopic (exact) mass is 302 g/mol. The molecule has 0 fully saturated rings. The molecule has 1 N–H and O–H groups in total. The first kappa shape index (κ1) is 13.5. The summed E-state index contributed by atoms with van der Waals surface area (Å²) >= 11 is 0. The summed E-state index contributed by atoms with van der Waals surface area (Å²) in [6, 6.07) is 17.9. The Morgan fingerprint density at radius 3 is 2.48 bits per heavy atom. The third-order valence-electron chi connectivity index (χ3n) is 3.90. The standard InChI is InChI=1S/C18H14N4O/c1-12-7-9-14(10-8-12)22-11-15(13-5-3-2-4-6-13)16-17(22)19-21-20-18(16)23/h2-11H,1H3,(H,19,20,23). The number of nitrogens with one attached hydrogen (secondary N) is 1. The Kier molecular flexibility index (Phi) is 3.05. The van der Waals surface area contributed by atoms with Crippen LogP contribution in [0, 0.1) is 6.92 Å². The number of fused-ring (bicyclic) bond motifs is 1. The van der Waals surface area contributed by atoms with Gasteiger partial charge in [0, 0.05) is 17.4 Å². The van der Waals surface area contributed by atoms with Gasteiger partial charge in [-0.25, -0.2) is 5.10 Å². The molecule has 0 spiro atoms. The second-order valence-corrected chi connectivity index (χ2v) is 5.45. The van der Waals surface area contributed by atoms with Crippen molar-refractivity contribution >= 4 is 11.0 Å². The minimum absolute atomic E-state index is 0.236. The van der Waals surface area contributed by atoms with E-state index >= 15 is 0 Å². The molecule has 0 radical (unpaired) electrons. The lowest BCUT2D eigenvalue weighted by atomic mass is 10.1. The number of H-pyrrole nitrogens is 1. The van der Waals surface area contributed by atoms with E-state index in [1.165, 1.54) is 5.56 Å². The first-order valence-corrected chi connectivity index (χ1v) is 7.33. The maximum atomic E-state index is 12.3. The van der Waals surface area contributed by atoms with E-state index in [-0.39, 0.29) is 5.56 Å². The molecule has 0 aliphatic heterocycles. The van der Waals surface area contributed by atoms with E-state index in [1.807, 2.05) is 72.3 Å². The smallest absolute Gasteiger partial charge is 0.277 e. The molecular formula is C18H14N4O. The fraction of sp³-hybridized carbons (Fsp3) is 0.0556. The first-order valence-electron chi connectivity index (χ1n) is 7.33. The molecule has 0 atom stereocenters. The highest BCUT2D eigenvalue weighted by atomic mass is 16.1. The van der Waals surface area contributed by atoms with Gasteiger partial charge in [0.05, 0.1) is 5.39 Å². The number of aromatic nitrogens is 4. The van der Waals surface area contributed by atoms with Crippen molar-refractivity contribution in [3.05, 3.63) is 76.7 Å². The van der Waals surface area contributed by atoms with Crippen molar-refractivity contribution in [1.82, 2.24) is 20.0 Å². The first-order chi connectivity index (χ1) is 11.2. The lowest BCUT2D eigenvalue weighted by Gasteiger charge is -2.04. The predicted octanol–water partition coefficient (Wildman–Crippen LogP) is 3.08. The average Bonchev–Trinajstić information content (AvgIpc) is 2.97. The van der Waals surface area contributed by atoms with Crippen LogP contribution >= 0.6 is 0 Å². The molecule has 112 valence electrons. The maximum absolute atomic E-state index is 12.3. The maximum Gasteiger partial charge on any atom is 0.277 e. The highest BCUT2D eigenvalue weighted by molar-refractivity contribution is 5.94. The molecule has 5 nitrogen and oxygen atoms in total. The third-order valence-corrected chi connectivity index (χ3v) is 3.90. The van der Waals surface area contributed by atoms with E-state index in [0.29, 0.717) is 11.0 Å². The van der Waals surface area contributed by atoms with Gasteiger partial charge in [-0.1, -0.05) is 53.2 Å². The van der Waals surface area contributed by atoms with Gasteiger partial charge in [-0.15, -0.1) is 5.10 Å². The topological polar surface area (TPSA) is 63.6 Å². The Morgan fingerprint density at radius 2 is 1.74 bits per heavy atom. The zero-order valence-corrected chi connectivity index (χ0v) is 12.5. The minimum atomic E-state index is -0.236. The van der Waals surface area contributed by atoms with Gasteiger partial charge in [0.2, 0.25) is 0 Å². The third kappa shape index (κ3) is 2.23. The lowest BCUT2D eigenvalue weighted by Crippen LogP contribution is -2.10. The molecule has 5 heteroatoms. The van der Waals surface area contributed by atoms with Gasteiger partial charge in [-0.3, -0.25) is 9.36 Å². The summed E-state index contributed by atoms with van der Waals surface area (Å²) < 4.78 is 1.90. The van der Waals surface area contributed by atoms with Gasteiger partial charge < -0.3 is 0 Å². The molecule has 23 heavy (non-hydrogen) atoms. The van der Waals surface area contributed by atoms with E-state index in [2.05, 4.69) is 15.4 Å². The summed E-state index contributed by atoms with van der Waals surface area (Å²) in [5.41, 5.74) is 4.26. The van der Waals surface area contributed by atoms with Crippen LogP contribution in [0.15, 0.2) is 65.6 Å². The van der Waals surface area contributed by atoms with Gasteiger partial charge in [-0.05, 0) is 24.6 Å². The van der Waals surface area contributed by atoms with Gasteiger partial charge >= 0.3 is 0 Å². The number of nitrogens with zero attached hydrogens (tertiary/aromatic N) is 3. The van der Waals surface area contributed by atoms with E-state index in [9.17, 15) is 4.79 Å². The van der Waals surface area contributed by atoms with Gasteiger partial charge in [0.1, 0.15) is 0 Å². The van der Waals surface area contributed by atoms with E-state index in [0.717, 1.165) is 16.8 Å². The highest BCUT2D eigenvalue weighted by Gasteiger charge is 2.16. The van der Waals surface area contributed by atoms with Crippen LogP contribution in [0.3, 0.4) is 0 Å². The fourth-order valence-electron chi connectivity index (χ4n) is 2.73. The molecule has 0 aliphatic carbocycles. The summed E-state index contributed by atoms with van der Waals surface area (Å²) in [6.07, 6.45) is 1.94. The molecule has 0 bridgehead atoms. The Balaban J connectivity index is 2.05. The van der Waals surface area contributed by atoms with Crippen molar-refractivity contribution in [2.24, 2.45) is 0 Å². The molecule has 0 amide bonds. The van der Waals surface area contributed by atoms with Crippen molar-refractivity contribution < 1.29 is 0 Å². The molecule has 2 aromatic carbocycles. The second-order valence-electron chi connectivity index (χ2n) is 5.45. The Bertz CT molecular complexity index is 1030. The summed E-state index contributed by atoms with van der Waals surface area (Å²) in [5.74, 6) is 0. The van der Waals surface area contributed by atoms with E-state index < -0.39 is 0 Å². The number of hydrogen-bond acceptors (Lipinski definition) is 3. The van der Waals surface area contributed by atoms with Crippen LogP contribution in [0.4, 0.5) is 0 Å². The minimum Gasteiger partial charge on any atom is -0.299 e. The quantitative estimate of drug-likeness (QED) is 0.619. The molecule has 0 saturated carbocycles. The van der Waals surface area contributed by atoms with Crippen molar-refractivity contribution in [3.63, 3.8) is 0 Å². The van der Waals surface area contributed by atoms with Crippen LogP contribution < -0.4 is 5.56 Å². The van der Waals surface area contributed by atoms with Crippen LogP contribution in [0.2, 0.25) is 0 Å². The molecular weight excluding hydrogens is 288 g/mol. The molecule has 0 saturated heterocycles. The van der Waals surface area contributed by atoms with Crippen molar-refractivity contribution in [2.75, 3.05) is 0 Å². The van der Waals surface area contributed by atoms with Gasteiger partial charge in [-0.2, -0.15) is 0 Å². The zero-order valence-electron chi connectivity index (χ0n) is 12.5. The molecule has 2 heterocycles. The molecule has 2 aromatic heterocycles. The van der Waals surface area contributed by atoms with Crippen LogP contribution in [-0.4, -0.2) is 20.0 Å². The lowest BCUT2D eigenvalue weighted by molar-refractivity contribution is 0.856. The van der Waals surface area contributed by atoms with Crippen molar-refractivity contribution in [3.8, 4) is 16.8 Å². The number of aryl methyl sites for hydroxylation is 1. The Labute approximate surface area is 132 Å². The van der Waals surface area contributed by atoms with Crippen LogP contribution in [0.1, 0.15) is 5.56 Å². The molecule has 0 unspecified atom stereocenters. The zero-order chi connectivity index (χ0) is 15.8. The highest BCUT2D eigenvalue weighted by Crippen LogP contribution is 2.29. The SMILES string of the molecule is Cc1ccc(-n2cc(-c3ccccc3)c3c(=O)[nH]nnc32)cc1. The van der Waals surface area contributed by atoms with Gasteiger partial charge in [0.15, 0.2) is 5.65 Å². The summed E-state index contributed by atoms with van der Waals surface area (Å²) in [6.45, 7) is 2.04. The fourth-order valence-corrected chi connectivity index (χ4v) is 2.73. The normalized spacial score (nSPS) is 11.0. The number of aromatic amines is 1. The summed E-state index contributed by atoms with van der Waals surface area (Å²) in [5, 5.41) is 10.8. The molecule has 4 aromatic rings. The largest absolute Gasteiger partial charge is 0.299 e. The van der Waals surface area contributed by atoms with Crippen LogP contribution in [-0.2, 0) is 0 Å². The van der Waals surface area contributed by atoms with Gasteiger partial charge in [0.25, 0.3) is 5.56 Å². The number of benzene rings is 2. The van der Waals surface area contributed by atoms with Crippen LogP contribution in [0.25, 0.3) is 27.8 Å². The van der Waals surface area contributed by atoms with E-state index in [4.69, 9.17) is 0 Å². The van der Waals surface area contributed by atoms with Crippen molar-refractivity contribution in [1.29, 1.82) is 0 Å². The Hall–Kier alpha value is -3.21. The Morgan fingerprint density at radius 1 is 1.00 bits per heavy atom. The second kappa shape index (κ2) is 5.21. The number of hydrogen-bond donors (Lipinski definition) is 1.